The minimum Gasteiger partial charge on any atom is -0.459 e. The normalized spacial score (nSPS) is 22.6. The van der Waals surface area contributed by atoms with Gasteiger partial charge < -0.3 is 15.4 Å². The van der Waals surface area contributed by atoms with Crippen molar-refractivity contribution in [3.63, 3.8) is 0 Å². The summed E-state index contributed by atoms with van der Waals surface area (Å²) in [6.07, 6.45) is 1.46. The largest absolute Gasteiger partial charge is 0.459 e. The SMILES string of the molecule is CC(C)(C)OC(=O)CN1C[C@H](c2ccccc2)CC[C@H](N)C1=O. The number of amides is 1. The smallest absolute Gasteiger partial charge is 0.326 e. The zero-order chi connectivity index (χ0) is 17.0. The van der Waals surface area contributed by atoms with Crippen LogP contribution in [0.2, 0.25) is 0 Å². The first-order chi connectivity index (χ1) is 10.8. The van der Waals surface area contributed by atoms with E-state index in [4.69, 9.17) is 10.5 Å². The van der Waals surface area contributed by atoms with Crippen LogP contribution in [0.5, 0.6) is 0 Å². The van der Waals surface area contributed by atoms with Crippen LogP contribution in [0, 0.1) is 0 Å². The molecule has 0 spiro atoms. The fourth-order valence-corrected chi connectivity index (χ4v) is 2.86. The quantitative estimate of drug-likeness (QED) is 0.866. The Kier molecular flexibility index (Phi) is 5.42. The van der Waals surface area contributed by atoms with Gasteiger partial charge in [-0.25, -0.2) is 0 Å². The molecule has 5 heteroatoms. The van der Waals surface area contributed by atoms with E-state index >= 15 is 0 Å². The molecule has 0 saturated carbocycles. The Bertz CT molecular complexity index is 551. The highest BCUT2D eigenvalue weighted by atomic mass is 16.6. The van der Waals surface area contributed by atoms with Gasteiger partial charge in [0.2, 0.25) is 5.91 Å². The van der Waals surface area contributed by atoms with Crippen LogP contribution in [0.25, 0.3) is 0 Å². The van der Waals surface area contributed by atoms with Crippen molar-refractivity contribution in [2.45, 2.75) is 51.2 Å². The summed E-state index contributed by atoms with van der Waals surface area (Å²) in [5, 5.41) is 0. The summed E-state index contributed by atoms with van der Waals surface area (Å²) in [6.45, 7) is 5.89. The van der Waals surface area contributed by atoms with Crippen molar-refractivity contribution in [3.05, 3.63) is 35.9 Å². The van der Waals surface area contributed by atoms with Crippen LogP contribution in [-0.2, 0) is 14.3 Å². The molecule has 2 N–H and O–H groups in total. The minimum atomic E-state index is -0.563. The predicted octanol–water partition coefficient (Wildman–Crippen LogP) is 2.06. The van der Waals surface area contributed by atoms with E-state index in [-0.39, 0.29) is 18.4 Å². The van der Waals surface area contributed by atoms with Gasteiger partial charge in [0.25, 0.3) is 0 Å². The molecule has 1 aromatic rings. The number of hydrogen-bond acceptors (Lipinski definition) is 4. The van der Waals surface area contributed by atoms with Gasteiger partial charge in [0.15, 0.2) is 0 Å². The number of nitrogens with zero attached hydrogens (tertiary/aromatic N) is 1. The highest BCUT2D eigenvalue weighted by Gasteiger charge is 2.31. The van der Waals surface area contributed by atoms with Gasteiger partial charge in [-0.15, -0.1) is 0 Å². The van der Waals surface area contributed by atoms with Crippen molar-refractivity contribution in [1.82, 2.24) is 4.90 Å². The number of carbonyl (C=O) groups is 2. The fourth-order valence-electron chi connectivity index (χ4n) is 2.86. The molecular weight excluding hydrogens is 292 g/mol. The number of nitrogens with two attached hydrogens (primary N) is 1. The van der Waals surface area contributed by atoms with Gasteiger partial charge >= 0.3 is 5.97 Å². The zero-order valence-corrected chi connectivity index (χ0v) is 14.1. The lowest BCUT2D eigenvalue weighted by molar-refractivity contribution is -0.159. The van der Waals surface area contributed by atoms with Crippen LogP contribution in [-0.4, -0.2) is 41.5 Å². The standard InChI is InChI=1S/C18H26N2O3/c1-18(2,3)23-16(21)12-20-11-14(9-10-15(19)17(20)22)13-7-5-4-6-8-13/h4-8,14-15H,9-12,19H2,1-3H3/t14-,15+/m1/s1. The monoisotopic (exact) mass is 318 g/mol. The van der Waals surface area contributed by atoms with E-state index in [1.807, 2.05) is 39.0 Å². The Balaban J connectivity index is 2.11. The summed E-state index contributed by atoms with van der Waals surface area (Å²) < 4.78 is 5.33. The zero-order valence-electron chi connectivity index (χ0n) is 14.1. The first-order valence-electron chi connectivity index (χ1n) is 8.07. The number of benzene rings is 1. The van der Waals surface area contributed by atoms with Crippen LogP contribution < -0.4 is 5.73 Å². The summed E-state index contributed by atoms with van der Waals surface area (Å²) in [5.41, 5.74) is 6.58. The maximum atomic E-state index is 12.4. The third-order valence-electron chi connectivity index (χ3n) is 3.91. The lowest BCUT2D eigenvalue weighted by Crippen LogP contribution is -2.46. The van der Waals surface area contributed by atoms with Gasteiger partial charge in [-0.2, -0.15) is 0 Å². The van der Waals surface area contributed by atoms with Crippen LogP contribution >= 0.6 is 0 Å². The van der Waals surface area contributed by atoms with Gasteiger partial charge in [-0.1, -0.05) is 30.3 Å². The molecule has 2 atom stereocenters. The highest BCUT2D eigenvalue weighted by molar-refractivity contribution is 5.86. The molecule has 1 fully saturated rings. The molecule has 0 unspecified atom stereocenters. The molecule has 0 aliphatic carbocycles. The Morgan fingerprint density at radius 1 is 1.26 bits per heavy atom. The van der Waals surface area contributed by atoms with Gasteiger partial charge in [-0.05, 0) is 39.2 Å². The highest BCUT2D eigenvalue weighted by Crippen LogP contribution is 2.26. The van der Waals surface area contributed by atoms with E-state index in [1.54, 1.807) is 4.90 Å². The Labute approximate surface area is 137 Å². The van der Waals surface area contributed by atoms with Crippen molar-refractivity contribution < 1.29 is 14.3 Å². The topological polar surface area (TPSA) is 72.6 Å². The Hall–Kier alpha value is -1.88. The molecule has 1 amide bonds. The number of esters is 1. The van der Waals surface area contributed by atoms with E-state index in [0.717, 1.165) is 6.42 Å². The third kappa shape index (κ3) is 5.06. The molecule has 1 aromatic carbocycles. The molecule has 1 saturated heterocycles. The van der Waals surface area contributed by atoms with Crippen LogP contribution in [0.1, 0.15) is 45.1 Å². The first kappa shape index (κ1) is 17.5. The molecule has 1 aliphatic rings. The maximum Gasteiger partial charge on any atom is 0.326 e. The molecule has 126 valence electrons. The summed E-state index contributed by atoms with van der Waals surface area (Å²) in [6, 6.07) is 9.50. The third-order valence-corrected chi connectivity index (χ3v) is 3.91. The van der Waals surface area contributed by atoms with E-state index < -0.39 is 17.6 Å². The number of hydrogen-bond donors (Lipinski definition) is 1. The van der Waals surface area contributed by atoms with Crippen molar-refractivity contribution in [3.8, 4) is 0 Å². The molecular formula is C18H26N2O3. The predicted molar refractivity (Wildman–Crippen MR) is 88.8 cm³/mol. The summed E-state index contributed by atoms with van der Waals surface area (Å²) in [7, 11) is 0. The maximum absolute atomic E-state index is 12.4. The average Bonchev–Trinajstić information content (AvgIpc) is 2.60. The second kappa shape index (κ2) is 7.13. The number of ether oxygens (including phenoxy) is 1. The number of carbonyl (C=O) groups excluding carboxylic acids is 2. The first-order valence-corrected chi connectivity index (χ1v) is 8.07. The molecule has 1 aliphatic heterocycles. The Morgan fingerprint density at radius 2 is 1.91 bits per heavy atom. The minimum absolute atomic E-state index is 0.0485. The molecule has 2 rings (SSSR count). The van der Waals surface area contributed by atoms with Crippen molar-refractivity contribution in [2.75, 3.05) is 13.1 Å². The van der Waals surface area contributed by atoms with Gasteiger partial charge in [-0.3, -0.25) is 9.59 Å². The molecule has 23 heavy (non-hydrogen) atoms. The van der Waals surface area contributed by atoms with Gasteiger partial charge in [0.05, 0.1) is 6.04 Å². The van der Waals surface area contributed by atoms with Crippen LogP contribution in [0.3, 0.4) is 0 Å². The number of rotatable bonds is 3. The molecule has 0 bridgehead atoms. The number of likely N-dealkylation sites (tertiary alicyclic amines) is 1. The Morgan fingerprint density at radius 3 is 2.52 bits per heavy atom. The van der Waals surface area contributed by atoms with Gasteiger partial charge in [0.1, 0.15) is 12.1 Å². The lowest BCUT2D eigenvalue weighted by atomic mass is 9.94. The fraction of sp³-hybridized carbons (Fsp3) is 0.556. The van der Waals surface area contributed by atoms with Crippen molar-refractivity contribution in [2.24, 2.45) is 5.73 Å². The summed E-state index contributed by atoms with van der Waals surface area (Å²) in [4.78, 5) is 26.0. The van der Waals surface area contributed by atoms with E-state index in [2.05, 4.69) is 12.1 Å². The van der Waals surface area contributed by atoms with E-state index in [9.17, 15) is 9.59 Å². The van der Waals surface area contributed by atoms with Crippen LogP contribution in [0.4, 0.5) is 0 Å². The molecule has 5 nitrogen and oxygen atoms in total. The van der Waals surface area contributed by atoms with Crippen molar-refractivity contribution in [1.29, 1.82) is 0 Å². The summed E-state index contributed by atoms with van der Waals surface area (Å²) >= 11 is 0. The van der Waals surface area contributed by atoms with Crippen molar-refractivity contribution >= 4 is 11.9 Å². The van der Waals surface area contributed by atoms with Crippen LogP contribution in [0.15, 0.2) is 30.3 Å². The van der Waals surface area contributed by atoms with Gasteiger partial charge in [0, 0.05) is 12.5 Å². The molecule has 1 heterocycles. The van der Waals surface area contributed by atoms with E-state index in [0.29, 0.717) is 13.0 Å². The second-order valence-corrected chi connectivity index (χ2v) is 7.10. The molecule has 0 radical (unpaired) electrons. The lowest BCUT2D eigenvalue weighted by Gasteiger charge is -2.27. The average molecular weight is 318 g/mol. The summed E-state index contributed by atoms with van der Waals surface area (Å²) in [5.74, 6) is -0.378. The second-order valence-electron chi connectivity index (χ2n) is 7.10. The molecule has 0 aromatic heterocycles. The van der Waals surface area contributed by atoms with E-state index in [1.165, 1.54) is 5.56 Å².